The van der Waals surface area contributed by atoms with Crippen LogP contribution < -0.4 is 5.73 Å². The van der Waals surface area contributed by atoms with Crippen LogP contribution in [-0.2, 0) is 14.3 Å². The summed E-state index contributed by atoms with van der Waals surface area (Å²) in [6, 6.07) is 0. The van der Waals surface area contributed by atoms with Gasteiger partial charge in [0.2, 0.25) is 11.8 Å². The molecule has 3 aliphatic rings. The first-order valence-corrected chi connectivity index (χ1v) is 6.58. The van der Waals surface area contributed by atoms with Crippen molar-refractivity contribution in [2.45, 2.75) is 32.3 Å². The van der Waals surface area contributed by atoms with Crippen LogP contribution in [0, 0.1) is 17.3 Å². The van der Waals surface area contributed by atoms with Crippen LogP contribution >= 0.6 is 0 Å². The van der Waals surface area contributed by atoms with Crippen molar-refractivity contribution < 1.29 is 14.3 Å². The van der Waals surface area contributed by atoms with Crippen LogP contribution in [0.1, 0.15) is 26.7 Å². The summed E-state index contributed by atoms with van der Waals surface area (Å²) in [4.78, 5) is 25.4. The van der Waals surface area contributed by atoms with E-state index in [4.69, 9.17) is 10.5 Å². The van der Waals surface area contributed by atoms with Crippen molar-refractivity contribution in [1.82, 2.24) is 4.90 Å². The minimum atomic E-state index is -0.472. The monoisotopic (exact) mass is 252 g/mol. The quantitative estimate of drug-likeness (QED) is 0.759. The highest BCUT2D eigenvalue weighted by molar-refractivity contribution is 5.85. The molecule has 2 aliphatic heterocycles. The molecule has 100 valence electrons. The van der Waals surface area contributed by atoms with Gasteiger partial charge in [0.1, 0.15) is 5.60 Å². The normalized spacial score (nSPS) is 35.3. The zero-order chi connectivity index (χ0) is 13.1. The van der Waals surface area contributed by atoms with Gasteiger partial charge in [0.25, 0.3) is 0 Å². The van der Waals surface area contributed by atoms with Crippen LogP contribution in [0.2, 0.25) is 0 Å². The topological polar surface area (TPSA) is 72.6 Å². The number of hydrogen-bond donors (Lipinski definition) is 1. The lowest BCUT2D eigenvalue weighted by Crippen LogP contribution is -2.68. The van der Waals surface area contributed by atoms with Gasteiger partial charge in [-0.05, 0) is 18.3 Å². The molecule has 18 heavy (non-hydrogen) atoms. The maximum atomic E-state index is 12.2. The minimum absolute atomic E-state index is 0.152. The van der Waals surface area contributed by atoms with E-state index in [0.29, 0.717) is 26.1 Å². The van der Waals surface area contributed by atoms with E-state index in [1.807, 2.05) is 4.90 Å². The molecule has 2 saturated heterocycles. The summed E-state index contributed by atoms with van der Waals surface area (Å²) in [5.74, 6) is -0.159. The maximum Gasteiger partial charge on any atom is 0.226 e. The van der Waals surface area contributed by atoms with E-state index in [9.17, 15) is 9.59 Å². The van der Waals surface area contributed by atoms with E-state index < -0.39 is 5.60 Å². The molecule has 3 fully saturated rings. The van der Waals surface area contributed by atoms with Gasteiger partial charge in [0.05, 0.1) is 19.0 Å². The van der Waals surface area contributed by atoms with Crippen molar-refractivity contribution >= 4 is 11.8 Å². The Balaban J connectivity index is 1.63. The molecule has 2 N–H and O–H groups in total. The van der Waals surface area contributed by atoms with Gasteiger partial charge in [-0.1, -0.05) is 13.8 Å². The summed E-state index contributed by atoms with van der Waals surface area (Å²) in [6.45, 7) is 5.87. The molecule has 5 heteroatoms. The number of amides is 2. The second-order valence-corrected chi connectivity index (χ2v) is 6.60. The van der Waals surface area contributed by atoms with Gasteiger partial charge in [-0.15, -0.1) is 0 Å². The van der Waals surface area contributed by atoms with E-state index in [1.54, 1.807) is 0 Å². The molecule has 0 radical (unpaired) electrons. The van der Waals surface area contributed by atoms with Crippen molar-refractivity contribution in [1.29, 1.82) is 0 Å². The van der Waals surface area contributed by atoms with Crippen molar-refractivity contribution in [3.63, 3.8) is 0 Å². The van der Waals surface area contributed by atoms with Crippen LogP contribution in [0.15, 0.2) is 0 Å². The Hall–Kier alpha value is -1.10. The number of nitrogens with zero attached hydrogens (tertiary/aromatic N) is 1. The predicted octanol–water partition coefficient (Wildman–Crippen LogP) is 0.135. The molecule has 2 atom stereocenters. The molecule has 1 saturated carbocycles. The number of likely N-dealkylation sites (tertiary alicyclic amines) is 1. The minimum Gasteiger partial charge on any atom is -0.370 e. The van der Waals surface area contributed by atoms with Crippen LogP contribution in [0.4, 0.5) is 0 Å². The highest BCUT2D eigenvalue weighted by Crippen LogP contribution is 2.53. The zero-order valence-corrected chi connectivity index (χ0v) is 10.9. The number of rotatable bonds is 2. The number of nitrogens with two attached hydrogens (primary N) is 1. The Morgan fingerprint density at radius 1 is 1.28 bits per heavy atom. The van der Waals surface area contributed by atoms with Gasteiger partial charge < -0.3 is 15.4 Å². The third kappa shape index (κ3) is 1.56. The van der Waals surface area contributed by atoms with Crippen LogP contribution in [0.25, 0.3) is 0 Å². The third-order valence-electron chi connectivity index (χ3n) is 4.81. The summed E-state index contributed by atoms with van der Waals surface area (Å²) >= 11 is 0. The molecule has 1 spiro atoms. The Morgan fingerprint density at radius 2 is 1.89 bits per heavy atom. The average Bonchev–Trinajstić information content (AvgIpc) is 2.72. The Morgan fingerprint density at radius 3 is 2.39 bits per heavy atom. The Kier molecular flexibility index (Phi) is 2.31. The first kappa shape index (κ1) is 12.0. The molecule has 1 aliphatic carbocycles. The zero-order valence-electron chi connectivity index (χ0n) is 10.9. The maximum absolute atomic E-state index is 12.2. The Labute approximate surface area is 107 Å². The second kappa shape index (κ2) is 3.47. The van der Waals surface area contributed by atoms with E-state index in [1.165, 1.54) is 0 Å². The Bertz CT molecular complexity index is 412. The largest absolute Gasteiger partial charge is 0.370 e. The summed E-state index contributed by atoms with van der Waals surface area (Å²) in [7, 11) is 0. The van der Waals surface area contributed by atoms with Gasteiger partial charge >= 0.3 is 0 Å². The van der Waals surface area contributed by atoms with Gasteiger partial charge in [-0.2, -0.15) is 0 Å². The molecule has 0 aromatic carbocycles. The molecular weight excluding hydrogens is 232 g/mol. The standard InChI is InChI=1S/C13H20N2O3/c1-12(2)5-9(12)11(17)15-6-13(7-15)8(10(14)16)3-4-18-13/h8-9H,3-7H2,1-2H3,(H2,14,16). The number of carbonyl (C=O) groups is 2. The molecule has 0 aromatic heterocycles. The lowest BCUT2D eigenvalue weighted by molar-refractivity contribution is -0.170. The molecule has 2 amide bonds. The van der Waals surface area contributed by atoms with Crippen molar-refractivity contribution in [2.24, 2.45) is 23.0 Å². The molecule has 2 unspecified atom stereocenters. The highest BCUT2D eigenvalue weighted by Gasteiger charge is 2.60. The number of carbonyl (C=O) groups excluding carboxylic acids is 2. The summed E-state index contributed by atoms with van der Waals surface area (Å²) in [6.07, 6.45) is 1.65. The summed E-state index contributed by atoms with van der Waals surface area (Å²) in [5.41, 5.74) is 5.08. The summed E-state index contributed by atoms with van der Waals surface area (Å²) < 4.78 is 5.69. The van der Waals surface area contributed by atoms with Gasteiger partial charge in [0, 0.05) is 12.5 Å². The molecule has 0 bridgehead atoms. The number of hydrogen-bond acceptors (Lipinski definition) is 3. The van der Waals surface area contributed by atoms with E-state index in [0.717, 1.165) is 6.42 Å². The van der Waals surface area contributed by atoms with Gasteiger partial charge in [-0.3, -0.25) is 9.59 Å². The first-order valence-electron chi connectivity index (χ1n) is 6.58. The fraction of sp³-hybridized carbons (Fsp3) is 0.846. The average molecular weight is 252 g/mol. The van der Waals surface area contributed by atoms with Gasteiger partial charge in [-0.25, -0.2) is 0 Å². The smallest absolute Gasteiger partial charge is 0.226 e. The van der Waals surface area contributed by atoms with E-state index >= 15 is 0 Å². The fourth-order valence-electron chi connectivity index (χ4n) is 3.32. The lowest BCUT2D eigenvalue weighted by Gasteiger charge is -2.49. The van der Waals surface area contributed by atoms with E-state index in [2.05, 4.69) is 13.8 Å². The molecule has 3 rings (SSSR count). The number of primary amides is 1. The highest BCUT2D eigenvalue weighted by atomic mass is 16.5. The lowest BCUT2D eigenvalue weighted by atomic mass is 9.80. The van der Waals surface area contributed by atoms with Crippen molar-refractivity contribution in [3.8, 4) is 0 Å². The molecule has 5 nitrogen and oxygen atoms in total. The fourth-order valence-corrected chi connectivity index (χ4v) is 3.32. The van der Waals surface area contributed by atoms with Gasteiger partial charge in [0.15, 0.2) is 0 Å². The number of ether oxygens (including phenoxy) is 1. The summed E-state index contributed by atoms with van der Waals surface area (Å²) in [5, 5.41) is 0. The van der Waals surface area contributed by atoms with Crippen LogP contribution in [0.5, 0.6) is 0 Å². The van der Waals surface area contributed by atoms with Crippen molar-refractivity contribution in [3.05, 3.63) is 0 Å². The first-order chi connectivity index (χ1) is 8.36. The van der Waals surface area contributed by atoms with Crippen molar-refractivity contribution in [2.75, 3.05) is 19.7 Å². The molecular formula is C13H20N2O3. The third-order valence-corrected chi connectivity index (χ3v) is 4.81. The van der Waals surface area contributed by atoms with E-state index in [-0.39, 0.29) is 29.1 Å². The molecule has 2 heterocycles. The predicted molar refractivity (Wildman–Crippen MR) is 64.5 cm³/mol. The molecule has 0 aromatic rings. The van der Waals surface area contributed by atoms with Crippen LogP contribution in [-0.4, -0.2) is 42.0 Å². The second-order valence-electron chi connectivity index (χ2n) is 6.60. The van der Waals surface area contributed by atoms with Crippen LogP contribution in [0.3, 0.4) is 0 Å². The SMILES string of the molecule is CC1(C)CC1C(=O)N1CC2(C1)OCCC2C(N)=O.